The average molecular weight is 1120 g/mol. The molecule has 1 aromatic heterocycles. The number of unbranched alkanes of at least 4 members (excludes halogenated alkanes) is 1. The van der Waals surface area contributed by atoms with Gasteiger partial charge in [0.15, 0.2) is 0 Å². The number of fused-ring (bicyclic) bond motifs is 1. The molecule has 0 aliphatic rings. The van der Waals surface area contributed by atoms with Crippen LogP contribution >= 0.6 is 0 Å². The third kappa shape index (κ3) is 23.2. The molecule has 0 unspecified atom stereocenters. The zero-order chi connectivity index (χ0) is 59.5. The van der Waals surface area contributed by atoms with Gasteiger partial charge >= 0.3 is 35.9 Å². The Labute approximate surface area is 454 Å². The number of aromatic nitrogens is 1. The first-order chi connectivity index (χ1) is 37.9. The highest BCUT2D eigenvalue weighted by molar-refractivity contribution is 5.95. The highest BCUT2D eigenvalue weighted by atomic mass is 19.1. The number of carboxylic acid groups (broad SMARTS) is 5. The Hall–Kier alpha value is -9.87. The van der Waals surface area contributed by atoms with Crippen molar-refractivity contribution in [2.24, 2.45) is 0 Å². The van der Waals surface area contributed by atoms with Gasteiger partial charge in [-0.15, -0.1) is 0 Å². The van der Waals surface area contributed by atoms with Crippen LogP contribution < -0.4 is 42.0 Å². The van der Waals surface area contributed by atoms with Crippen molar-refractivity contribution >= 4 is 82.2 Å². The summed E-state index contributed by atoms with van der Waals surface area (Å²) < 4.78 is 20.2. The number of nitrogens with one attached hydrogen (secondary N) is 8. The predicted octanol–water partition coefficient (Wildman–Crippen LogP) is -0.432. The van der Waals surface area contributed by atoms with E-state index in [1.165, 1.54) is 42.6 Å². The summed E-state index contributed by atoms with van der Waals surface area (Å²) in [6.45, 7) is -1.21. The number of benzene rings is 2. The summed E-state index contributed by atoms with van der Waals surface area (Å²) >= 11 is 0. The highest BCUT2D eigenvalue weighted by Crippen LogP contribution is 2.21. The van der Waals surface area contributed by atoms with E-state index in [1.54, 1.807) is 0 Å². The van der Waals surface area contributed by atoms with Crippen LogP contribution in [0.4, 0.5) is 9.18 Å². The van der Waals surface area contributed by atoms with Crippen molar-refractivity contribution < 1.29 is 92.2 Å². The van der Waals surface area contributed by atoms with Crippen molar-refractivity contribution in [3.8, 4) is 17.9 Å². The van der Waals surface area contributed by atoms with Crippen molar-refractivity contribution in [2.75, 3.05) is 32.8 Å². The number of amides is 8. The molecule has 5 atom stereocenters. The second-order valence-electron chi connectivity index (χ2n) is 17.8. The van der Waals surface area contributed by atoms with Crippen LogP contribution in [-0.2, 0) is 59.2 Å². The maximum atomic E-state index is 14.4. The van der Waals surface area contributed by atoms with E-state index in [-0.39, 0.29) is 68.7 Å². The molecule has 0 fully saturated rings. The first-order valence-corrected chi connectivity index (χ1v) is 24.6. The molecule has 0 aliphatic carbocycles. The van der Waals surface area contributed by atoms with E-state index in [1.807, 2.05) is 17.5 Å². The lowest BCUT2D eigenvalue weighted by Crippen LogP contribution is -2.55. The van der Waals surface area contributed by atoms with E-state index < -0.39 is 159 Å². The summed E-state index contributed by atoms with van der Waals surface area (Å²) in [6, 6.07) is 2.72. The predicted molar refractivity (Wildman–Crippen MR) is 271 cm³/mol. The normalized spacial score (nSPS) is 12.5. The Morgan fingerprint density at radius 2 is 1.21 bits per heavy atom. The third-order valence-corrected chi connectivity index (χ3v) is 11.6. The fraction of sp³-hybridized carbons (Fsp3) is 0.440. The van der Waals surface area contributed by atoms with Gasteiger partial charge in [-0.3, -0.25) is 43.2 Å². The first-order valence-electron chi connectivity index (χ1n) is 24.6. The summed E-state index contributed by atoms with van der Waals surface area (Å²) in [4.78, 5) is 154. The topological polar surface area (TPSA) is 466 Å². The van der Waals surface area contributed by atoms with Crippen LogP contribution in [0.15, 0.2) is 42.6 Å². The molecule has 29 nitrogen and oxygen atoms in total. The molecule has 0 spiro atoms. The fourth-order valence-electron chi connectivity index (χ4n) is 7.65. The lowest BCUT2D eigenvalue weighted by molar-refractivity contribution is -0.141. The number of hydrogen-bond donors (Lipinski definition) is 13. The Morgan fingerprint density at radius 1 is 0.650 bits per heavy atom. The van der Waals surface area contributed by atoms with Crippen LogP contribution in [0.25, 0.3) is 10.9 Å². The van der Waals surface area contributed by atoms with Crippen LogP contribution in [0.1, 0.15) is 87.8 Å². The van der Waals surface area contributed by atoms with Crippen molar-refractivity contribution in [2.45, 2.75) is 108 Å². The summed E-state index contributed by atoms with van der Waals surface area (Å²) in [5.74, 6) is -13.1. The molecule has 0 saturated carbocycles. The van der Waals surface area contributed by atoms with Gasteiger partial charge in [0.05, 0.1) is 43.0 Å². The van der Waals surface area contributed by atoms with E-state index in [4.69, 9.17) is 14.9 Å². The zero-order valence-electron chi connectivity index (χ0n) is 43.0. The van der Waals surface area contributed by atoms with E-state index >= 15 is 0 Å². The zero-order valence-corrected chi connectivity index (χ0v) is 43.0. The van der Waals surface area contributed by atoms with Gasteiger partial charge in [-0.2, -0.15) is 10.5 Å². The molecular weight excluding hydrogens is 1060 g/mol. The summed E-state index contributed by atoms with van der Waals surface area (Å²) in [6.07, 6.45) is -2.17. The molecule has 0 radical (unpaired) electrons. The van der Waals surface area contributed by atoms with Gasteiger partial charge in [-0.05, 0) is 86.9 Å². The monoisotopic (exact) mass is 1120 g/mol. The maximum Gasteiger partial charge on any atom is 0.326 e. The number of urea groups is 1. The minimum absolute atomic E-state index is 0.0345. The van der Waals surface area contributed by atoms with Gasteiger partial charge in [0.1, 0.15) is 41.8 Å². The number of carbonyl (C=O) groups excluding carboxylic acids is 7. The summed E-state index contributed by atoms with van der Waals surface area (Å²) in [5, 5.41) is 81.7. The van der Waals surface area contributed by atoms with Gasteiger partial charge in [-0.25, -0.2) is 18.8 Å². The second-order valence-corrected chi connectivity index (χ2v) is 17.8. The van der Waals surface area contributed by atoms with Gasteiger partial charge in [0.25, 0.3) is 0 Å². The molecule has 0 aliphatic heterocycles. The number of nitriles is 2. The number of carbonyl (C=O) groups is 12. The van der Waals surface area contributed by atoms with Crippen molar-refractivity contribution in [1.82, 2.24) is 47.1 Å². The SMILES string of the molecule is CC(=O)N[C@@H](CCC(=O)O)C(=O)N[C@@H](CCC(=O)O)C(=O)NCC(=O)N(CCCOc1cc(C#N)cc(C#N)c1)CC(=O)N[C@@H](Cc1c[nH]c2ccc(F)cc12)C(=O)NCCCC[C@H](NC(=O)N[C@@H](CCC(=O)O)C(=O)O)C(=O)O. The lowest BCUT2D eigenvalue weighted by atomic mass is 10.0. The Balaban J connectivity index is 1.83. The fourth-order valence-corrected chi connectivity index (χ4v) is 7.65. The Kier molecular flexibility index (Phi) is 26.3. The second kappa shape index (κ2) is 32.7. The lowest BCUT2D eigenvalue weighted by Gasteiger charge is -2.25. The number of carboxylic acids is 5. The van der Waals surface area contributed by atoms with Crippen LogP contribution in [0.2, 0.25) is 0 Å². The molecule has 0 saturated heterocycles. The number of rotatable bonds is 35. The molecule has 0 bridgehead atoms. The molecule has 1 heterocycles. The minimum atomic E-state index is -1.64. The average Bonchev–Trinajstić information content (AvgIpc) is 3.85. The van der Waals surface area contributed by atoms with Gasteiger partial charge in [0, 0.05) is 62.8 Å². The molecule has 80 heavy (non-hydrogen) atoms. The molecule has 3 rings (SSSR count). The smallest absolute Gasteiger partial charge is 0.326 e. The number of nitrogens with zero attached hydrogens (tertiary/aromatic N) is 3. The quantitative estimate of drug-likeness (QED) is 0.0332. The van der Waals surface area contributed by atoms with E-state index in [0.717, 1.165) is 11.8 Å². The molecule has 430 valence electrons. The molecular formula is C50H60FN11O18. The van der Waals surface area contributed by atoms with Crippen LogP contribution in [0.3, 0.4) is 0 Å². The molecule has 2 aromatic carbocycles. The van der Waals surface area contributed by atoms with E-state index in [9.17, 15) is 87.8 Å². The minimum Gasteiger partial charge on any atom is -0.493 e. The van der Waals surface area contributed by atoms with Crippen molar-refractivity contribution in [3.05, 3.63) is 65.1 Å². The first kappa shape index (κ1) is 64.4. The maximum absolute atomic E-state index is 14.4. The summed E-state index contributed by atoms with van der Waals surface area (Å²) in [7, 11) is 0. The number of H-pyrrole nitrogens is 1. The van der Waals surface area contributed by atoms with Gasteiger partial charge in [-0.1, -0.05) is 0 Å². The Morgan fingerprint density at radius 3 is 1.77 bits per heavy atom. The Bertz CT molecular complexity index is 2830. The van der Waals surface area contributed by atoms with Crippen molar-refractivity contribution in [3.63, 3.8) is 0 Å². The van der Waals surface area contributed by atoms with Gasteiger partial charge < -0.3 is 77.4 Å². The molecule has 3 aromatic rings. The van der Waals surface area contributed by atoms with Gasteiger partial charge in [0.2, 0.25) is 35.4 Å². The molecule has 30 heteroatoms. The number of ether oxygens (including phenoxy) is 1. The number of halogens is 1. The number of hydrogen-bond acceptors (Lipinski definition) is 15. The third-order valence-electron chi connectivity index (χ3n) is 11.6. The van der Waals surface area contributed by atoms with E-state index in [0.29, 0.717) is 16.5 Å². The summed E-state index contributed by atoms with van der Waals surface area (Å²) in [5.41, 5.74) is 1.05. The van der Waals surface area contributed by atoms with E-state index in [2.05, 4.69) is 36.9 Å². The standard InChI is InChI=1S/C50H60FN11O18/c1-27(63)57-36(9-12-43(68)69)47(74)59-35(8-11-42(66)67)45(72)56-25-41(65)62(15-4-16-80-32-18-28(22-52)17-29(19-32)23-53)26-40(64)58-39(20-30-24-55-34-7-6-31(51)21-33(30)34)46(73)54-14-3-2-5-37(48(75)76)60-50(79)61-38(49(77)78)10-13-44(70)71/h6-7,17-19,21,24,35-39,55H,2-5,8-16,20,25-26H2,1H3,(H,54,73)(H,56,72)(H,57,63)(H,58,64)(H,59,74)(H,66,67)(H,68,69)(H,70,71)(H,75,76)(H,77,78)(H2,60,61,79)/t35-,36-,37-,38-,39-/m0/s1. The van der Waals surface area contributed by atoms with Crippen LogP contribution in [-0.4, -0.2) is 170 Å². The van der Waals surface area contributed by atoms with Crippen LogP contribution in [0, 0.1) is 28.5 Å². The van der Waals surface area contributed by atoms with Crippen molar-refractivity contribution in [1.29, 1.82) is 10.5 Å². The molecule has 8 amide bonds. The largest absolute Gasteiger partial charge is 0.493 e. The number of aromatic amines is 1. The highest BCUT2D eigenvalue weighted by Gasteiger charge is 2.30. The molecule has 13 N–H and O–H groups in total. The number of aliphatic carboxylic acids is 5. The van der Waals surface area contributed by atoms with Crippen LogP contribution in [0.5, 0.6) is 5.75 Å².